The lowest BCUT2D eigenvalue weighted by atomic mass is 10.2. The van der Waals surface area contributed by atoms with Gasteiger partial charge in [0.05, 0.1) is 0 Å². The molecule has 0 unspecified atom stereocenters. The van der Waals surface area contributed by atoms with Crippen molar-refractivity contribution in [3.63, 3.8) is 0 Å². The number of rotatable bonds is 6. The van der Waals surface area contributed by atoms with Crippen molar-refractivity contribution in [3.8, 4) is 0 Å². The topological polar surface area (TPSA) is 82.3 Å². The van der Waals surface area contributed by atoms with E-state index in [1.165, 1.54) is 25.7 Å². The normalized spacial score (nSPS) is 17.1. The van der Waals surface area contributed by atoms with Gasteiger partial charge in [-0.15, -0.1) is 0 Å². The van der Waals surface area contributed by atoms with Gasteiger partial charge < -0.3 is 9.88 Å². The number of thiazole rings is 1. The Morgan fingerprint density at radius 2 is 2.05 bits per heavy atom. The molecule has 0 aromatic carbocycles. The second kappa shape index (κ2) is 6.38. The van der Waals surface area contributed by atoms with Crippen molar-refractivity contribution >= 4 is 21.4 Å². The van der Waals surface area contributed by atoms with E-state index < -0.39 is 10.0 Å². The van der Waals surface area contributed by atoms with Crippen molar-refractivity contribution < 1.29 is 8.42 Å². The van der Waals surface area contributed by atoms with Gasteiger partial charge in [-0.1, -0.05) is 24.2 Å². The second-order valence-electron chi connectivity index (χ2n) is 5.24. The third kappa shape index (κ3) is 3.69. The molecule has 0 atom stereocenters. The van der Waals surface area contributed by atoms with Crippen molar-refractivity contribution in [3.05, 3.63) is 15.4 Å². The summed E-state index contributed by atoms with van der Waals surface area (Å²) in [5.41, 5.74) is 0.400. The molecule has 6 nitrogen and oxygen atoms in total. The minimum atomic E-state index is -3.58. The van der Waals surface area contributed by atoms with E-state index in [4.69, 9.17) is 0 Å². The van der Waals surface area contributed by atoms with Crippen molar-refractivity contribution in [2.75, 3.05) is 20.1 Å². The van der Waals surface area contributed by atoms with E-state index in [1.54, 1.807) is 6.92 Å². The van der Waals surface area contributed by atoms with Crippen LogP contribution < -0.4 is 9.60 Å². The first-order valence-corrected chi connectivity index (χ1v) is 9.10. The zero-order chi connectivity index (χ0) is 14.8. The molecule has 20 heavy (non-hydrogen) atoms. The van der Waals surface area contributed by atoms with Crippen LogP contribution in [0.3, 0.4) is 0 Å². The molecule has 0 saturated heterocycles. The van der Waals surface area contributed by atoms with Crippen molar-refractivity contribution in [1.29, 1.82) is 0 Å². The van der Waals surface area contributed by atoms with Gasteiger partial charge in [0, 0.05) is 24.8 Å². The van der Waals surface area contributed by atoms with Gasteiger partial charge in [0.1, 0.15) is 0 Å². The Bertz CT molecular complexity index is 600. The molecule has 1 aromatic rings. The van der Waals surface area contributed by atoms with Crippen molar-refractivity contribution in [2.45, 2.75) is 42.9 Å². The maximum atomic E-state index is 12.1. The lowest BCUT2D eigenvalue weighted by Crippen LogP contribution is -2.37. The van der Waals surface area contributed by atoms with Gasteiger partial charge in [-0.25, -0.2) is 13.1 Å². The Morgan fingerprint density at radius 1 is 1.40 bits per heavy atom. The first-order valence-electron chi connectivity index (χ1n) is 6.80. The van der Waals surface area contributed by atoms with Crippen LogP contribution in [0.15, 0.2) is 9.00 Å². The number of nitrogens with zero attached hydrogens (tertiary/aromatic N) is 1. The standard InChI is InChI=1S/C12H21N3O3S2/c1-9-11(19-12(16)14-9)20(17,18)13-7-8-15(2)10-5-3-4-6-10/h10,13H,3-8H2,1-2H3,(H,14,16). The molecule has 1 aliphatic carbocycles. The Kier molecular flexibility index (Phi) is 5.00. The molecular weight excluding hydrogens is 298 g/mol. The van der Waals surface area contributed by atoms with Crippen LogP contribution in [-0.2, 0) is 10.0 Å². The van der Waals surface area contributed by atoms with E-state index in [-0.39, 0.29) is 9.08 Å². The smallest absolute Gasteiger partial charge is 0.305 e. The highest BCUT2D eigenvalue weighted by atomic mass is 32.2. The first-order chi connectivity index (χ1) is 9.40. The number of hydrogen-bond donors (Lipinski definition) is 2. The number of sulfonamides is 1. The average Bonchev–Trinajstić information content (AvgIpc) is 2.98. The van der Waals surface area contributed by atoms with E-state index >= 15 is 0 Å². The zero-order valence-electron chi connectivity index (χ0n) is 11.8. The molecule has 1 aromatic heterocycles. The summed E-state index contributed by atoms with van der Waals surface area (Å²) in [6.45, 7) is 2.64. The zero-order valence-corrected chi connectivity index (χ0v) is 13.4. The number of aromatic nitrogens is 1. The van der Waals surface area contributed by atoms with Crippen LogP contribution in [0.2, 0.25) is 0 Å². The highest BCUT2D eigenvalue weighted by Crippen LogP contribution is 2.22. The fourth-order valence-electron chi connectivity index (χ4n) is 2.60. The van der Waals surface area contributed by atoms with Crippen LogP contribution >= 0.6 is 11.3 Å². The number of nitrogens with one attached hydrogen (secondary N) is 2. The predicted octanol–water partition coefficient (Wildman–Crippen LogP) is 0.898. The van der Waals surface area contributed by atoms with Crippen LogP contribution in [0.25, 0.3) is 0 Å². The minimum Gasteiger partial charge on any atom is -0.315 e. The lowest BCUT2D eigenvalue weighted by molar-refractivity contribution is 0.250. The Hall–Kier alpha value is -0.700. The van der Waals surface area contributed by atoms with Crippen LogP contribution in [0.5, 0.6) is 0 Å². The highest BCUT2D eigenvalue weighted by Gasteiger charge is 2.22. The number of hydrogen-bond acceptors (Lipinski definition) is 5. The van der Waals surface area contributed by atoms with Gasteiger partial charge >= 0.3 is 4.87 Å². The maximum absolute atomic E-state index is 12.1. The summed E-state index contributed by atoms with van der Waals surface area (Å²) in [5, 5.41) is 0. The number of H-pyrrole nitrogens is 1. The summed E-state index contributed by atoms with van der Waals surface area (Å²) >= 11 is 0.730. The van der Waals surface area contributed by atoms with E-state index in [9.17, 15) is 13.2 Å². The van der Waals surface area contributed by atoms with Gasteiger partial charge in [0.2, 0.25) is 0 Å². The molecule has 0 amide bonds. The molecule has 0 aliphatic heterocycles. The summed E-state index contributed by atoms with van der Waals surface area (Å²) in [5.74, 6) is 0. The number of likely N-dealkylation sites (N-methyl/N-ethyl adjacent to an activating group) is 1. The van der Waals surface area contributed by atoms with Crippen LogP contribution in [0.4, 0.5) is 0 Å². The van der Waals surface area contributed by atoms with Crippen LogP contribution in [-0.4, -0.2) is 44.5 Å². The molecule has 0 radical (unpaired) electrons. The molecule has 1 heterocycles. The molecule has 1 saturated carbocycles. The number of aromatic amines is 1. The fraction of sp³-hybridized carbons (Fsp3) is 0.750. The maximum Gasteiger partial charge on any atom is 0.305 e. The monoisotopic (exact) mass is 319 g/mol. The summed E-state index contributed by atoms with van der Waals surface area (Å²) in [4.78, 5) is 15.5. The average molecular weight is 319 g/mol. The summed E-state index contributed by atoms with van der Waals surface area (Å²) in [6, 6.07) is 0.574. The van der Waals surface area contributed by atoms with Crippen LogP contribution in [0.1, 0.15) is 31.4 Å². The first kappa shape index (κ1) is 15.7. The molecular formula is C12H21N3O3S2. The molecule has 8 heteroatoms. The van der Waals surface area contributed by atoms with Gasteiger partial charge in [-0.05, 0) is 26.8 Å². The molecule has 1 fully saturated rings. The Labute approximate surface area is 123 Å². The summed E-state index contributed by atoms with van der Waals surface area (Å²) in [6.07, 6.45) is 4.91. The summed E-state index contributed by atoms with van der Waals surface area (Å²) in [7, 11) is -1.55. The number of aryl methyl sites for hydroxylation is 1. The lowest BCUT2D eigenvalue weighted by Gasteiger charge is -2.23. The van der Waals surface area contributed by atoms with Crippen molar-refractivity contribution in [1.82, 2.24) is 14.6 Å². The Balaban J connectivity index is 1.89. The van der Waals surface area contributed by atoms with Gasteiger partial charge in [-0.3, -0.25) is 4.79 Å². The van der Waals surface area contributed by atoms with Crippen molar-refractivity contribution in [2.24, 2.45) is 0 Å². The third-order valence-corrected chi connectivity index (χ3v) is 6.80. The molecule has 2 rings (SSSR count). The molecule has 114 valence electrons. The highest BCUT2D eigenvalue weighted by molar-refractivity contribution is 7.91. The van der Waals surface area contributed by atoms with Gasteiger partial charge in [0.25, 0.3) is 10.0 Å². The van der Waals surface area contributed by atoms with E-state index in [0.29, 0.717) is 24.8 Å². The minimum absolute atomic E-state index is 0.0889. The second-order valence-corrected chi connectivity index (χ2v) is 8.19. The predicted molar refractivity (Wildman–Crippen MR) is 79.8 cm³/mol. The molecule has 2 N–H and O–H groups in total. The van der Waals surface area contributed by atoms with Crippen LogP contribution in [0, 0.1) is 6.92 Å². The largest absolute Gasteiger partial charge is 0.315 e. The molecule has 0 spiro atoms. The van der Waals surface area contributed by atoms with Gasteiger partial charge in [-0.2, -0.15) is 0 Å². The van der Waals surface area contributed by atoms with E-state index in [2.05, 4.69) is 14.6 Å². The Morgan fingerprint density at radius 3 is 2.60 bits per heavy atom. The fourth-order valence-corrected chi connectivity index (χ4v) is 4.96. The third-order valence-electron chi connectivity index (χ3n) is 3.73. The molecule has 0 bridgehead atoms. The van der Waals surface area contributed by atoms with E-state index in [0.717, 1.165) is 11.3 Å². The van der Waals surface area contributed by atoms with E-state index in [1.807, 2.05) is 7.05 Å². The molecule has 1 aliphatic rings. The SMILES string of the molecule is Cc1[nH]c(=O)sc1S(=O)(=O)NCCN(C)C1CCCC1. The summed E-state index contributed by atoms with van der Waals surface area (Å²) < 4.78 is 26.8. The van der Waals surface area contributed by atoms with Gasteiger partial charge in [0.15, 0.2) is 4.21 Å². The quantitative estimate of drug-likeness (QED) is 0.816.